The molecule has 4 heteroatoms. The molecule has 130 valence electrons. The van der Waals surface area contributed by atoms with E-state index in [-0.39, 0.29) is 18.2 Å². The quantitative estimate of drug-likeness (QED) is 0.672. The number of carbonyl (C=O) groups is 1. The van der Waals surface area contributed by atoms with E-state index in [0.717, 1.165) is 36.9 Å². The topological polar surface area (TPSA) is 44.9 Å². The molecule has 0 fully saturated rings. The maximum absolute atomic E-state index is 11.7. The summed E-state index contributed by atoms with van der Waals surface area (Å²) < 4.78 is 0. The van der Waals surface area contributed by atoms with Gasteiger partial charge in [0.2, 0.25) is 0 Å². The number of fused-ring (bicyclic) bond motifs is 3. The third kappa shape index (κ3) is 3.48. The second-order valence-electron chi connectivity index (χ2n) is 6.61. The van der Waals surface area contributed by atoms with Gasteiger partial charge in [-0.3, -0.25) is 4.79 Å². The normalized spacial score (nSPS) is 16.3. The first kappa shape index (κ1) is 17.7. The van der Waals surface area contributed by atoms with Gasteiger partial charge < -0.3 is 10.3 Å². The number of hydrogen-bond acceptors (Lipinski definition) is 2. The van der Waals surface area contributed by atoms with Gasteiger partial charge >= 0.3 is 0 Å². The molecule has 1 aliphatic heterocycles. The highest BCUT2D eigenvalue weighted by Gasteiger charge is 2.23. The SMILES string of the molecule is CC(=O)c1ccc2[nH]c3c(c2c1)CCNC3CCc1ccccc1.Cl. The zero-order chi connectivity index (χ0) is 16.5. The van der Waals surface area contributed by atoms with Gasteiger partial charge in [-0.15, -0.1) is 12.4 Å². The Kier molecular flexibility index (Phi) is 5.26. The van der Waals surface area contributed by atoms with Crippen LogP contribution in [0.3, 0.4) is 0 Å². The fourth-order valence-electron chi connectivity index (χ4n) is 3.73. The highest BCUT2D eigenvalue weighted by molar-refractivity contribution is 5.99. The number of nitrogens with one attached hydrogen (secondary N) is 2. The second-order valence-corrected chi connectivity index (χ2v) is 6.61. The van der Waals surface area contributed by atoms with Crippen molar-refractivity contribution in [3.05, 3.63) is 70.9 Å². The van der Waals surface area contributed by atoms with E-state index in [1.54, 1.807) is 6.92 Å². The minimum absolute atomic E-state index is 0. The zero-order valence-electron chi connectivity index (χ0n) is 14.3. The fraction of sp³-hybridized carbons (Fsp3) is 0.286. The van der Waals surface area contributed by atoms with Crippen molar-refractivity contribution in [2.24, 2.45) is 0 Å². The minimum atomic E-state index is 0. The lowest BCUT2D eigenvalue weighted by Crippen LogP contribution is -2.30. The van der Waals surface area contributed by atoms with E-state index >= 15 is 0 Å². The Labute approximate surface area is 154 Å². The predicted octanol–water partition coefficient (Wildman–Crippen LogP) is 4.61. The Morgan fingerprint density at radius 2 is 1.96 bits per heavy atom. The van der Waals surface area contributed by atoms with Crippen molar-refractivity contribution in [2.75, 3.05) is 6.54 Å². The Morgan fingerprint density at radius 1 is 1.16 bits per heavy atom. The van der Waals surface area contributed by atoms with Gasteiger partial charge in [-0.05, 0) is 62.1 Å². The van der Waals surface area contributed by atoms with Gasteiger partial charge in [0.15, 0.2) is 5.78 Å². The largest absolute Gasteiger partial charge is 0.357 e. The molecule has 0 spiro atoms. The summed E-state index contributed by atoms with van der Waals surface area (Å²) in [6, 6.07) is 17.0. The molecule has 2 heterocycles. The summed E-state index contributed by atoms with van der Waals surface area (Å²) in [5.74, 6) is 0.126. The van der Waals surface area contributed by atoms with Crippen LogP contribution in [0, 0.1) is 0 Å². The molecule has 1 aromatic heterocycles. The van der Waals surface area contributed by atoms with Crippen molar-refractivity contribution in [1.82, 2.24) is 10.3 Å². The third-order valence-electron chi connectivity index (χ3n) is 5.02. The van der Waals surface area contributed by atoms with Gasteiger partial charge in [0.25, 0.3) is 0 Å². The van der Waals surface area contributed by atoms with Crippen LogP contribution in [0.15, 0.2) is 48.5 Å². The maximum Gasteiger partial charge on any atom is 0.159 e. The van der Waals surface area contributed by atoms with Crippen LogP contribution < -0.4 is 5.32 Å². The smallest absolute Gasteiger partial charge is 0.159 e. The van der Waals surface area contributed by atoms with Crippen molar-refractivity contribution in [1.29, 1.82) is 0 Å². The highest BCUT2D eigenvalue weighted by atomic mass is 35.5. The zero-order valence-corrected chi connectivity index (χ0v) is 15.2. The van der Waals surface area contributed by atoms with Crippen LogP contribution in [-0.4, -0.2) is 17.3 Å². The Balaban J connectivity index is 0.00000182. The molecule has 0 radical (unpaired) electrons. The number of aryl methyl sites for hydroxylation is 1. The van der Waals surface area contributed by atoms with Gasteiger partial charge in [0.05, 0.1) is 0 Å². The molecule has 0 aliphatic carbocycles. The summed E-state index contributed by atoms with van der Waals surface area (Å²) in [7, 11) is 0. The second kappa shape index (κ2) is 7.42. The average Bonchev–Trinajstić information content (AvgIpc) is 2.99. The monoisotopic (exact) mass is 354 g/mol. The van der Waals surface area contributed by atoms with Crippen molar-refractivity contribution >= 4 is 29.1 Å². The number of ketones is 1. The Hall–Kier alpha value is -2.10. The summed E-state index contributed by atoms with van der Waals surface area (Å²) in [6.45, 7) is 2.62. The number of carbonyl (C=O) groups excluding carboxylic acids is 1. The van der Waals surface area contributed by atoms with Crippen molar-refractivity contribution < 1.29 is 4.79 Å². The third-order valence-corrected chi connectivity index (χ3v) is 5.02. The lowest BCUT2D eigenvalue weighted by molar-refractivity contribution is 0.101. The van der Waals surface area contributed by atoms with Crippen LogP contribution in [0.25, 0.3) is 10.9 Å². The molecule has 1 unspecified atom stereocenters. The van der Waals surface area contributed by atoms with Crippen molar-refractivity contribution in [3.8, 4) is 0 Å². The number of aromatic nitrogens is 1. The lowest BCUT2D eigenvalue weighted by atomic mass is 9.94. The standard InChI is InChI=1S/C21H22N2O.ClH/c1-14(24)16-8-10-19-18(13-16)17-11-12-22-20(21(17)23-19)9-7-15-5-3-2-4-6-15;/h2-6,8,10,13,20,22-23H,7,9,11-12H2,1H3;1H. The molecule has 0 saturated heterocycles. The molecule has 2 aromatic carbocycles. The van der Waals surface area contributed by atoms with E-state index in [2.05, 4.69) is 40.6 Å². The number of H-pyrrole nitrogens is 1. The van der Waals surface area contributed by atoms with E-state index in [9.17, 15) is 4.79 Å². The average molecular weight is 355 g/mol. The van der Waals surface area contributed by atoms with E-state index in [4.69, 9.17) is 0 Å². The summed E-state index contributed by atoms with van der Waals surface area (Å²) in [5.41, 5.74) is 5.99. The van der Waals surface area contributed by atoms with Gasteiger partial charge in [0, 0.05) is 28.2 Å². The molecule has 2 N–H and O–H groups in total. The van der Waals surface area contributed by atoms with Crippen LogP contribution in [-0.2, 0) is 12.8 Å². The molecule has 0 bridgehead atoms. The molecule has 3 aromatic rings. The first-order chi connectivity index (χ1) is 11.7. The first-order valence-corrected chi connectivity index (χ1v) is 8.65. The predicted molar refractivity (Wildman–Crippen MR) is 105 cm³/mol. The number of aromatic amines is 1. The summed E-state index contributed by atoms with van der Waals surface area (Å²) >= 11 is 0. The van der Waals surface area contributed by atoms with Crippen LogP contribution >= 0.6 is 12.4 Å². The summed E-state index contributed by atoms with van der Waals surface area (Å²) in [6.07, 6.45) is 3.15. The lowest BCUT2D eigenvalue weighted by Gasteiger charge is -2.24. The molecular weight excluding hydrogens is 332 g/mol. The van der Waals surface area contributed by atoms with Gasteiger partial charge in [-0.25, -0.2) is 0 Å². The van der Waals surface area contributed by atoms with Gasteiger partial charge in [-0.1, -0.05) is 30.3 Å². The number of halogens is 1. The molecule has 4 rings (SSSR count). The van der Waals surface area contributed by atoms with E-state index in [1.165, 1.54) is 22.2 Å². The molecule has 25 heavy (non-hydrogen) atoms. The fourth-order valence-corrected chi connectivity index (χ4v) is 3.73. The highest BCUT2D eigenvalue weighted by Crippen LogP contribution is 2.32. The molecular formula is C21H23ClN2O. The first-order valence-electron chi connectivity index (χ1n) is 8.65. The van der Waals surface area contributed by atoms with Crippen molar-refractivity contribution in [3.63, 3.8) is 0 Å². The molecule has 1 aliphatic rings. The van der Waals surface area contributed by atoms with Gasteiger partial charge in [-0.2, -0.15) is 0 Å². The van der Waals surface area contributed by atoms with E-state index in [1.807, 2.05) is 18.2 Å². The maximum atomic E-state index is 11.7. The summed E-state index contributed by atoms with van der Waals surface area (Å²) in [4.78, 5) is 15.3. The number of rotatable bonds is 4. The molecule has 0 amide bonds. The Morgan fingerprint density at radius 3 is 2.72 bits per heavy atom. The minimum Gasteiger partial charge on any atom is -0.357 e. The number of hydrogen-bond donors (Lipinski definition) is 2. The van der Waals surface area contributed by atoms with Crippen LogP contribution in [0.4, 0.5) is 0 Å². The molecule has 3 nitrogen and oxygen atoms in total. The van der Waals surface area contributed by atoms with Gasteiger partial charge in [0.1, 0.15) is 0 Å². The Bertz CT molecular complexity index is 886. The summed E-state index contributed by atoms with van der Waals surface area (Å²) in [5, 5.41) is 4.86. The number of Topliss-reactive ketones (excluding diaryl/α,β-unsaturated/α-hetero) is 1. The van der Waals surface area contributed by atoms with E-state index in [0.29, 0.717) is 6.04 Å². The van der Waals surface area contributed by atoms with Crippen LogP contribution in [0.2, 0.25) is 0 Å². The van der Waals surface area contributed by atoms with E-state index < -0.39 is 0 Å². The molecule has 0 saturated carbocycles. The van der Waals surface area contributed by atoms with Crippen LogP contribution in [0.5, 0.6) is 0 Å². The molecule has 1 atom stereocenters. The number of benzene rings is 2. The van der Waals surface area contributed by atoms with Crippen LogP contribution in [0.1, 0.15) is 46.6 Å². The van der Waals surface area contributed by atoms with Crippen molar-refractivity contribution in [2.45, 2.75) is 32.2 Å².